The standard InChI is InChI=1S/C84H57N3/c1-49-31-34-61-55-25-13-16-28-58(55)67-40-73-76(43-70(67)64(61)37-49)85(46-52-19-7-4-8-20-52)82-79(73)83-81(75-42-69-60-30-18-15-27-57(60)63-36-33-51(3)39-66(63)72(69)45-78(75)86(83)47-53-21-9-5-10-22-53)84-80(82)74-41-68-59-29-17-14-26-56(59)62-35-32-50(2)38-65(62)71(68)44-77(74)87(84)48-54-23-11-6-12-24-54/h4-45H,46-48H2,1-3H3. The van der Waals surface area contributed by atoms with Gasteiger partial charge >= 0.3 is 0 Å². The second kappa shape index (κ2) is 18.1. The van der Waals surface area contributed by atoms with Crippen LogP contribution in [-0.4, -0.2) is 13.7 Å². The van der Waals surface area contributed by atoms with Crippen molar-refractivity contribution in [2.75, 3.05) is 0 Å². The normalized spacial score (nSPS) is 12.4. The summed E-state index contributed by atoms with van der Waals surface area (Å²) in [6.45, 7) is 8.77. The average molecular weight is 1110 g/mol. The van der Waals surface area contributed by atoms with Gasteiger partial charge in [-0.2, -0.15) is 0 Å². The minimum Gasteiger partial charge on any atom is -0.335 e. The Labute approximate surface area is 501 Å². The molecule has 3 heterocycles. The number of aromatic nitrogens is 3. The van der Waals surface area contributed by atoms with E-state index in [9.17, 15) is 0 Å². The van der Waals surface area contributed by atoms with E-state index in [4.69, 9.17) is 0 Å². The topological polar surface area (TPSA) is 14.8 Å². The van der Waals surface area contributed by atoms with Gasteiger partial charge in [0.25, 0.3) is 0 Å². The van der Waals surface area contributed by atoms with Crippen molar-refractivity contribution < 1.29 is 0 Å². The van der Waals surface area contributed by atoms with Crippen molar-refractivity contribution in [1.82, 2.24) is 13.7 Å². The fourth-order valence-corrected chi connectivity index (χ4v) is 16.0. The monoisotopic (exact) mass is 1110 g/mol. The largest absolute Gasteiger partial charge is 0.335 e. The molecular weight excluding hydrogens is 1050 g/mol. The average Bonchev–Trinajstić information content (AvgIpc) is 1.62. The first-order valence-electron chi connectivity index (χ1n) is 30.7. The molecule has 0 N–H and O–H groups in total. The maximum atomic E-state index is 2.74. The van der Waals surface area contributed by atoms with Crippen LogP contribution in [0.2, 0.25) is 0 Å². The van der Waals surface area contributed by atoms with Crippen molar-refractivity contribution in [2.24, 2.45) is 0 Å². The molecule has 0 aliphatic rings. The van der Waals surface area contributed by atoms with Crippen LogP contribution in [0.1, 0.15) is 33.4 Å². The molecule has 16 aromatic carbocycles. The minimum absolute atomic E-state index is 0.684. The van der Waals surface area contributed by atoms with Gasteiger partial charge in [-0.25, -0.2) is 0 Å². The van der Waals surface area contributed by atoms with Crippen LogP contribution in [0.25, 0.3) is 162 Å². The highest BCUT2D eigenvalue weighted by molar-refractivity contribution is 6.43. The first-order valence-corrected chi connectivity index (χ1v) is 30.7. The summed E-state index contributed by atoms with van der Waals surface area (Å²) < 4.78 is 8.21. The van der Waals surface area contributed by atoms with Gasteiger partial charge in [-0.1, -0.05) is 235 Å². The first-order chi connectivity index (χ1) is 42.9. The second-order valence-corrected chi connectivity index (χ2v) is 24.9. The van der Waals surface area contributed by atoms with E-state index in [0.717, 1.165) is 0 Å². The molecule has 0 saturated heterocycles. The zero-order valence-electron chi connectivity index (χ0n) is 48.7. The van der Waals surface area contributed by atoms with Crippen LogP contribution in [0.5, 0.6) is 0 Å². The van der Waals surface area contributed by atoms with Crippen LogP contribution in [0.15, 0.2) is 255 Å². The molecule has 0 amide bonds. The molecule has 0 spiro atoms. The molecule has 87 heavy (non-hydrogen) atoms. The molecule has 19 rings (SSSR count). The Hall–Kier alpha value is -10.7. The van der Waals surface area contributed by atoms with E-state index in [1.54, 1.807) is 0 Å². The van der Waals surface area contributed by atoms with Crippen molar-refractivity contribution >= 4 is 162 Å². The summed E-state index contributed by atoms with van der Waals surface area (Å²) in [5.74, 6) is 0. The lowest BCUT2D eigenvalue weighted by Gasteiger charge is -2.14. The lowest BCUT2D eigenvalue weighted by molar-refractivity contribution is 0.863. The molecule has 0 saturated carbocycles. The van der Waals surface area contributed by atoms with Crippen molar-refractivity contribution in [3.05, 3.63) is 288 Å². The summed E-state index contributed by atoms with van der Waals surface area (Å²) in [6.07, 6.45) is 0. The highest BCUT2D eigenvalue weighted by Crippen LogP contribution is 2.53. The molecule has 3 heteroatoms. The number of benzene rings is 16. The number of aryl methyl sites for hydroxylation is 3. The Morgan fingerprint density at radius 2 is 0.414 bits per heavy atom. The molecule has 0 unspecified atom stereocenters. The number of rotatable bonds is 6. The quantitative estimate of drug-likeness (QED) is 0.147. The van der Waals surface area contributed by atoms with Crippen LogP contribution < -0.4 is 0 Å². The van der Waals surface area contributed by atoms with Gasteiger partial charge in [0.15, 0.2) is 0 Å². The SMILES string of the molecule is Cc1ccc2c3ccccc3c3cc4c5c(c6c7cc8c9ccccc9c9ccc(C)cc9c8cc7n(Cc7ccccc7)c6c6c7cc8c9ccccc9c9ccc(C)cc9c8cc7n(Cc7ccccc7)c56)n(Cc5ccccc5)c4cc3c2c1. The third-order valence-electron chi connectivity index (χ3n) is 19.8. The zero-order valence-corrected chi connectivity index (χ0v) is 48.7. The maximum Gasteiger partial charge on any atom is 0.0617 e. The van der Waals surface area contributed by atoms with E-state index in [2.05, 4.69) is 289 Å². The Kier molecular flexibility index (Phi) is 10.1. The highest BCUT2D eigenvalue weighted by atomic mass is 15.0. The van der Waals surface area contributed by atoms with Crippen molar-refractivity contribution in [2.45, 2.75) is 40.4 Å². The molecule has 0 bridgehead atoms. The first kappa shape index (κ1) is 48.6. The van der Waals surface area contributed by atoms with Crippen LogP contribution in [0.4, 0.5) is 0 Å². The van der Waals surface area contributed by atoms with E-state index in [-0.39, 0.29) is 0 Å². The molecule has 0 fully saturated rings. The molecular formula is C84H57N3. The van der Waals surface area contributed by atoms with Crippen LogP contribution in [0.3, 0.4) is 0 Å². The molecule has 3 aromatic heterocycles. The number of hydrogen-bond donors (Lipinski definition) is 0. The Balaban J connectivity index is 1.14. The van der Waals surface area contributed by atoms with Gasteiger partial charge in [0.05, 0.1) is 33.1 Å². The molecule has 3 nitrogen and oxygen atoms in total. The summed E-state index contributed by atoms with van der Waals surface area (Å²) >= 11 is 0. The van der Waals surface area contributed by atoms with Gasteiger partial charge < -0.3 is 13.7 Å². The summed E-state index contributed by atoms with van der Waals surface area (Å²) in [7, 11) is 0. The number of fused-ring (bicyclic) bond motifs is 30. The van der Waals surface area contributed by atoms with E-state index in [0.29, 0.717) is 19.6 Å². The number of hydrogen-bond acceptors (Lipinski definition) is 0. The smallest absolute Gasteiger partial charge is 0.0617 e. The molecule has 0 atom stereocenters. The van der Waals surface area contributed by atoms with Gasteiger partial charge in [0.1, 0.15) is 0 Å². The van der Waals surface area contributed by atoms with Crippen molar-refractivity contribution in [3.8, 4) is 0 Å². The van der Waals surface area contributed by atoms with Gasteiger partial charge in [-0.15, -0.1) is 0 Å². The van der Waals surface area contributed by atoms with Crippen molar-refractivity contribution in [1.29, 1.82) is 0 Å². The molecule has 0 aliphatic heterocycles. The minimum atomic E-state index is 0.684. The summed E-state index contributed by atoms with van der Waals surface area (Å²) in [6, 6.07) is 97.7. The molecule has 0 aliphatic carbocycles. The zero-order chi connectivity index (χ0) is 57.3. The third kappa shape index (κ3) is 6.94. The highest BCUT2D eigenvalue weighted by Gasteiger charge is 2.30. The predicted octanol–water partition coefficient (Wildman–Crippen LogP) is 22.5. The summed E-state index contributed by atoms with van der Waals surface area (Å²) in [4.78, 5) is 0. The van der Waals surface area contributed by atoms with Gasteiger partial charge in [0.2, 0.25) is 0 Å². The van der Waals surface area contributed by atoms with E-state index >= 15 is 0 Å². The predicted molar refractivity (Wildman–Crippen MR) is 374 cm³/mol. The fraction of sp³-hybridized carbons (Fsp3) is 0.0714. The van der Waals surface area contributed by atoms with E-state index in [1.165, 1.54) is 196 Å². The lowest BCUT2D eigenvalue weighted by Crippen LogP contribution is -2.03. The fourth-order valence-electron chi connectivity index (χ4n) is 16.0. The van der Waals surface area contributed by atoms with Gasteiger partial charge in [-0.05, 0) is 171 Å². The summed E-state index contributed by atoms with van der Waals surface area (Å²) in [5.41, 5.74) is 15.1. The Bertz CT molecular complexity index is 5580. The molecule has 19 aromatic rings. The number of nitrogens with zero attached hydrogens (tertiary/aromatic N) is 3. The molecule has 408 valence electrons. The van der Waals surface area contributed by atoms with E-state index in [1.807, 2.05) is 0 Å². The Morgan fingerprint density at radius 1 is 0.195 bits per heavy atom. The second-order valence-electron chi connectivity index (χ2n) is 24.9. The van der Waals surface area contributed by atoms with Crippen LogP contribution >= 0.6 is 0 Å². The lowest BCUT2D eigenvalue weighted by atomic mass is 9.91. The van der Waals surface area contributed by atoms with Crippen LogP contribution in [0, 0.1) is 20.8 Å². The van der Waals surface area contributed by atoms with Crippen LogP contribution in [-0.2, 0) is 19.6 Å². The maximum absolute atomic E-state index is 2.74. The van der Waals surface area contributed by atoms with Gasteiger partial charge in [0, 0.05) is 52.0 Å². The van der Waals surface area contributed by atoms with Crippen molar-refractivity contribution in [3.63, 3.8) is 0 Å². The van der Waals surface area contributed by atoms with E-state index < -0.39 is 0 Å². The Morgan fingerprint density at radius 3 is 0.690 bits per heavy atom. The third-order valence-corrected chi connectivity index (χ3v) is 19.8. The molecule has 0 radical (unpaired) electrons. The van der Waals surface area contributed by atoms with Gasteiger partial charge in [-0.3, -0.25) is 0 Å². The summed E-state index contributed by atoms with van der Waals surface area (Å²) in [5, 5.41) is 30.7.